The highest BCUT2D eigenvalue weighted by Gasteiger charge is 2.33. The standard InChI is InChI=1S/C15H24N2O2/c1-3-4-9-19-13-7-5-12(6-8-13)15-14(10-18)11(2)16-17-15/h5-8,11,14-18H,3-4,9-10H2,1-2H3. The summed E-state index contributed by atoms with van der Waals surface area (Å²) in [5, 5.41) is 9.46. The van der Waals surface area contributed by atoms with E-state index in [4.69, 9.17) is 4.74 Å². The molecule has 1 aromatic carbocycles. The molecule has 1 fully saturated rings. The van der Waals surface area contributed by atoms with Gasteiger partial charge in [-0.3, -0.25) is 5.43 Å². The van der Waals surface area contributed by atoms with Crippen LogP contribution in [0.2, 0.25) is 0 Å². The van der Waals surface area contributed by atoms with E-state index in [1.165, 1.54) is 5.56 Å². The van der Waals surface area contributed by atoms with E-state index in [2.05, 4.69) is 36.8 Å². The fraction of sp³-hybridized carbons (Fsp3) is 0.600. The lowest BCUT2D eigenvalue weighted by molar-refractivity contribution is 0.204. The van der Waals surface area contributed by atoms with Gasteiger partial charge in [0.25, 0.3) is 0 Å². The van der Waals surface area contributed by atoms with Gasteiger partial charge in [-0.1, -0.05) is 25.5 Å². The van der Waals surface area contributed by atoms with E-state index in [-0.39, 0.29) is 24.6 Å². The van der Waals surface area contributed by atoms with Gasteiger partial charge in [-0.15, -0.1) is 0 Å². The number of ether oxygens (including phenoxy) is 1. The zero-order valence-corrected chi connectivity index (χ0v) is 11.7. The molecule has 3 atom stereocenters. The maximum absolute atomic E-state index is 9.46. The predicted molar refractivity (Wildman–Crippen MR) is 75.9 cm³/mol. The van der Waals surface area contributed by atoms with Crippen LogP contribution in [-0.4, -0.2) is 24.4 Å². The van der Waals surface area contributed by atoms with Crippen LogP contribution in [0.3, 0.4) is 0 Å². The Balaban J connectivity index is 1.98. The first-order valence-electron chi connectivity index (χ1n) is 7.11. The Bertz CT molecular complexity index is 380. The van der Waals surface area contributed by atoms with Crippen LogP contribution in [0.1, 0.15) is 38.3 Å². The number of unbranched alkanes of at least 4 members (excludes halogenated alkanes) is 1. The summed E-state index contributed by atoms with van der Waals surface area (Å²) in [6.07, 6.45) is 2.23. The molecular formula is C15H24N2O2. The third kappa shape index (κ3) is 3.47. The third-order valence-electron chi connectivity index (χ3n) is 3.75. The number of hydrazine groups is 1. The van der Waals surface area contributed by atoms with Gasteiger partial charge in [0, 0.05) is 18.6 Å². The van der Waals surface area contributed by atoms with Gasteiger partial charge in [0.05, 0.1) is 12.6 Å². The van der Waals surface area contributed by atoms with Crippen LogP contribution in [-0.2, 0) is 0 Å². The molecule has 2 rings (SSSR count). The van der Waals surface area contributed by atoms with Crippen molar-refractivity contribution in [2.75, 3.05) is 13.2 Å². The molecule has 0 aromatic heterocycles. The Morgan fingerprint density at radius 1 is 1.21 bits per heavy atom. The molecule has 106 valence electrons. The molecular weight excluding hydrogens is 240 g/mol. The number of rotatable bonds is 6. The van der Waals surface area contributed by atoms with Gasteiger partial charge in [0.2, 0.25) is 0 Å². The van der Waals surface area contributed by atoms with E-state index >= 15 is 0 Å². The number of aliphatic hydroxyl groups excluding tert-OH is 1. The molecule has 0 amide bonds. The van der Waals surface area contributed by atoms with E-state index in [1.807, 2.05) is 12.1 Å². The van der Waals surface area contributed by atoms with Crippen molar-refractivity contribution >= 4 is 0 Å². The second-order valence-electron chi connectivity index (χ2n) is 5.17. The van der Waals surface area contributed by atoms with E-state index in [9.17, 15) is 5.11 Å². The maximum atomic E-state index is 9.46. The Kier molecular flexibility index (Phi) is 5.19. The number of hydrogen-bond acceptors (Lipinski definition) is 4. The van der Waals surface area contributed by atoms with Crippen LogP contribution < -0.4 is 15.6 Å². The van der Waals surface area contributed by atoms with Crippen molar-refractivity contribution in [2.24, 2.45) is 5.92 Å². The third-order valence-corrected chi connectivity index (χ3v) is 3.75. The van der Waals surface area contributed by atoms with Crippen LogP contribution in [0.25, 0.3) is 0 Å². The molecule has 0 spiro atoms. The minimum atomic E-state index is 0.157. The van der Waals surface area contributed by atoms with Gasteiger partial charge in [-0.2, -0.15) is 0 Å². The Labute approximate surface area is 115 Å². The van der Waals surface area contributed by atoms with Crippen molar-refractivity contribution < 1.29 is 9.84 Å². The van der Waals surface area contributed by atoms with Crippen molar-refractivity contribution in [3.8, 4) is 5.75 Å². The van der Waals surface area contributed by atoms with Crippen molar-refractivity contribution in [3.63, 3.8) is 0 Å². The normalized spacial score (nSPS) is 26.6. The lowest BCUT2D eigenvalue weighted by Gasteiger charge is -2.19. The summed E-state index contributed by atoms with van der Waals surface area (Å²) in [7, 11) is 0. The molecule has 1 aromatic rings. The quantitative estimate of drug-likeness (QED) is 0.688. The average molecular weight is 264 g/mol. The Morgan fingerprint density at radius 3 is 2.58 bits per heavy atom. The van der Waals surface area contributed by atoms with Crippen molar-refractivity contribution in [1.82, 2.24) is 10.9 Å². The van der Waals surface area contributed by atoms with E-state index in [0.717, 1.165) is 25.2 Å². The molecule has 4 heteroatoms. The molecule has 1 saturated heterocycles. The average Bonchev–Trinajstić information content (AvgIpc) is 2.81. The lowest BCUT2D eigenvalue weighted by Crippen LogP contribution is -2.29. The fourth-order valence-electron chi connectivity index (χ4n) is 2.42. The zero-order valence-electron chi connectivity index (χ0n) is 11.7. The molecule has 1 aliphatic heterocycles. The van der Waals surface area contributed by atoms with Crippen molar-refractivity contribution in [2.45, 2.75) is 38.8 Å². The number of aliphatic hydroxyl groups is 1. The Hall–Kier alpha value is -1.10. The first kappa shape index (κ1) is 14.3. The van der Waals surface area contributed by atoms with Crippen molar-refractivity contribution in [1.29, 1.82) is 0 Å². The summed E-state index contributed by atoms with van der Waals surface area (Å²) in [6, 6.07) is 8.58. The summed E-state index contributed by atoms with van der Waals surface area (Å²) in [5.41, 5.74) is 7.61. The molecule has 19 heavy (non-hydrogen) atoms. The monoisotopic (exact) mass is 264 g/mol. The predicted octanol–water partition coefficient (Wildman–Crippen LogP) is 2.01. The second-order valence-corrected chi connectivity index (χ2v) is 5.17. The van der Waals surface area contributed by atoms with E-state index in [0.29, 0.717) is 0 Å². The molecule has 0 radical (unpaired) electrons. The van der Waals surface area contributed by atoms with E-state index < -0.39 is 0 Å². The first-order valence-corrected chi connectivity index (χ1v) is 7.11. The highest BCUT2D eigenvalue weighted by Crippen LogP contribution is 2.29. The number of nitrogens with one attached hydrogen (secondary N) is 2. The Morgan fingerprint density at radius 2 is 1.95 bits per heavy atom. The molecule has 1 aliphatic rings. The molecule has 4 nitrogen and oxygen atoms in total. The molecule has 1 heterocycles. The molecule has 3 unspecified atom stereocenters. The van der Waals surface area contributed by atoms with Gasteiger partial charge in [0.15, 0.2) is 0 Å². The van der Waals surface area contributed by atoms with Crippen molar-refractivity contribution in [3.05, 3.63) is 29.8 Å². The van der Waals surface area contributed by atoms with Gasteiger partial charge >= 0.3 is 0 Å². The summed E-state index contributed by atoms with van der Waals surface area (Å²) >= 11 is 0. The fourth-order valence-corrected chi connectivity index (χ4v) is 2.42. The van der Waals surface area contributed by atoms with Gasteiger partial charge in [-0.25, -0.2) is 5.43 Å². The maximum Gasteiger partial charge on any atom is 0.119 e. The van der Waals surface area contributed by atoms with Gasteiger partial charge < -0.3 is 9.84 Å². The minimum absolute atomic E-state index is 0.157. The van der Waals surface area contributed by atoms with Gasteiger partial charge in [0.1, 0.15) is 5.75 Å². The SMILES string of the molecule is CCCCOc1ccc(C2NNC(C)C2CO)cc1. The van der Waals surface area contributed by atoms with Crippen LogP contribution in [0, 0.1) is 5.92 Å². The van der Waals surface area contributed by atoms with Crippen LogP contribution >= 0.6 is 0 Å². The molecule has 3 N–H and O–H groups in total. The van der Waals surface area contributed by atoms with Crippen LogP contribution in [0.4, 0.5) is 0 Å². The second kappa shape index (κ2) is 6.89. The summed E-state index contributed by atoms with van der Waals surface area (Å²) in [6.45, 7) is 5.19. The highest BCUT2D eigenvalue weighted by atomic mass is 16.5. The minimum Gasteiger partial charge on any atom is -0.494 e. The largest absolute Gasteiger partial charge is 0.494 e. The first-order chi connectivity index (χ1) is 9.26. The van der Waals surface area contributed by atoms with E-state index in [1.54, 1.807) is 0 Å². The highest BCUT2D eigenvalue weighted by molar-refractivity contribution is 5.30. The number of hydrogen-bond donors (Lipinski definition) is 3. The zero-order chi connectivity index (χ0) is 13.7. The smallest absolute Gasteiger partial charge is 0.119 e. The summed E-state index contributed by atoms with van der Waals surface area (Å²) in [5.74, 6) is 1.11. The van der Waals surface area contributed by atoms with Crippen LogP contribution in [0.15, 0.2) is 24.3 Å². The van der Waals surface area contributed by atoms with Crippen LogP contribution in [0.5, 0.6) is 5.75 Å². The molecule has 0 bridgehead atoms. The lowest BCUT2D eigenvalue weighted by atomic mass is 9.91. The summed E-state index contributed by atoms with van der Waals surface area (Å²) < 4.78 is 5.65. The number of benzene rings is 1. The molecule has 0 aliphatic carbocycles. The molecule has 0 saturated carbocycles. The summed E-state index contributed by atoms with van der Waals surface area (Å²) in [4.78, 5) is 0. The van der Waals surface area contributed by atoms with Gasteiger partial charge in [-0.05, 0) is 31.0 Å². The topological polar surface area (TPSA) is 53.5 Å².